The van der Waals surface area contributed by atoms with Crippen molar-refractivity contribution in [3.05, 3.63) is 70.3 Å². The Morgan fingerprint density at radius 1 is 0.857 bits per heavy atom. The third kappa shape index (κ3) is 11.4. The summed E-state index contributed by atoms with van der Waals surface area (Å²) in [7, 11) is 0. The summed E-state index contributed by atoms with van der Waals surface area (Å²) in [6.07, 6.45) is 9.20. The summed E-state index contributed by atoms with van der Waals surface area (Å²) in [6, 6.07) is 17.7. The molecular formula is C29H45NO3SeSn. The molecule has 0 bridgehead atoms. The van der Waals surface area contributed by atoms with Crippen LogP contribution in [0.1, 0.15) is 71.3 Å². The first kappa shape index (κ1) is 30.3. The Morgan fingerprint density at radius 2 is 1.43 bits per heavy atom. The molecule has 0 radical (unpaired) electrons. The number of ether oxygens (including phenoxy) is 1. The molecule has 0 N–H and O–H groups in total. The molecule has 0 saturated heterocycles. The number of nitro benzene ring substituents is 1. The van der Waals surface area contributed by atoms with E-state index < -0.39 is 18.4 Å². The van der Waals surface area contributed by atoms with E-state index in [0.29, 0.717) is 18.0 Å². The van der Waals surface area contributed by atoms with Gasteiger partial charge in [0.05, 0.1) is 0 Å². The van der Waals surface area contributed by atoms with Crippen LogP contribution in [0.2, 0.25) is 22.6 Å². The van der Waals surface area contributed by atoms with Gasteiger partial charge in [-0.2, -0.15) is 0 Å². The van der Waals surface area contributed by atoms with Crippen molar-refractivity contribution in [1.82, 2.24) is 0 Å². The van der Waals surface area contributed by atoms with Gasteiger partial charge >= 0.3 is 225 Å². The molecule has 0 aliphatic heterocycles. The fraction of sp³-hybridized carbons (Fsp3) is 0.586. The first-order chi connectivity index (χ1) is 17.0. The van der Waals surface area contributed by atoms with E-state index in [-0.39, 0.29) is 25.6 Å². The molecule has 6 heteroatoms. The van der Waals surface area contributed by atoms with Crippen LogP contribution in [0.3, 0.4) is 0 Å². The van der Waals surface area contributed by atoms with Crippen molar-refractivity contribution in [2.75, 3.05) is 6.61 Å². The van der Waals surface area contributed by atoms with Crippen molar-refractivity contribution in [3.63, 3.8) is 0 Å². The number of nitro groups is 1. The predicted molar refractivity (Wildman–Crippen MR) is 153 cm³/mol. The second kappa shape index (κ2) is 17.6. The molecule has 0 aliphatic carbocycles. The van der Waals surface area contributed by atoms with Crippen molar-refractivity contribution in [3.8, 4) is 0 Å². The zero-order valence-corrected chi connectivity index (χ0v) is 26.6. The van der Waals surface area contributed by atoms with Crippen molar-refractivity contribution in [2.45, 2.75) is 94.9 Å². The van der Waals surface area contributed by atoms with Crippen molar-refractivity contribution in [2.24, 2.45) is 0 Å². The second-order valence-electron chi connectivity index (χ2n) is 9.81. The molecule has 0 fully saturated rings. The average Bonchev–Trinajstić information content (AvgIpc) is 2.88. The summed E-state index contributed by atoms with van der Waals surface area (Å²) in [4.78, 5) is 11.8. The topological polar surface area (TPSA) is 52.4 Å². The van der Waals surface area contributed by atoms with Crippen LogP contribution in [-0.2, 0) is 11.3 Å². The van der Waals surface area contributed by atoms with Gasteiger partial charge in [0.2, 0.25) is 0 Å². The average molecular weight is 653 g/mol. The van der Waals surface area contributed by atoms with Gasteiger partial charge < -0.3 is 0 Å². The van der Waals surface area contributed by atoms with Gasteiger partial charge in [-0.15, -0.1) is 0 Å². The normalized spacial score (nSPS) is 12.5. The van der Waals surface area contributed by atoms with Crippen LogP contribution in [-0.4, -0.2) is 44.9 Å². The zero-order chi connectivity index (χ0) is 25.4. The molecule has 35 heavy (non-hydrogen) atoms. The van der Waals surface area contributed by atoms with E-state index in [1.54, 1.807) is 12.1 Å². The first-order valence-electron chi connectivity index (χ1n) is 13.5. The van der Waals surface area contributed by atoms with Crippen LogP contribution in [0, 0.1) is 10.1 Å². The minimum atomic E-state index is -2.26. The molecule has 0 heterocycles. The Labute approximate surface area is 223 Å². The van der Waals surface area contributed by atoms with Crippen molar-refractivity contribution < 1.29 is 9.66 Å². The Morgan fingerprint density at radius 3 is 2.00 bits per heavy atom. The van der Waals surface area contributed by atoms with Gasteiger partial charge in [-0.1, -0.05) is 0 Å². The van der Waals surface area contributed by atoms with E-state index in [2.05, 4.69) is 32.9 Å². The Bertz CT molecular complexity index is 827. The van der Waals surface area contributed by atoms with Gasteiger partial charge in [0.25, 0.3) is 0 Å². The summed E-state index contributed by atoms with van der Waals surface area (Å²) in [5.41, 5.74) is 1.46. The number of benzene rings is 2. The van der Waals surface area contributed by atoms with Gasteiger partial charge in [-0.05, 0) is 0 Å². The van der Waals surface area contributed by atoms with E-state index in [9.17, 15) is 10.1 Å². The molecule has 4 nitrogen and oxygen atoms in total. The summed E-state index contributed by atoms with van der Waals surface area (Å²) in [5, 5.41) is 11.7. The minimum absolute atomic E-state index is 0.0260. The maximum atomic E-state index is 11.7. The first-order valence-corrected chi connectivity index (χ1v) is 23.5. The zero-order valence-electron chi connectivity index (χ0n) is 22.0. The molecule has 2 aromatic rings. The fourth-order valence-electron chi connectivity index (χ4n) is 4.82. The van der Waals surface area contributed by atoms with Crippen LogP contribution in [0.15, 0.2) is 54.6 Å². The third-order valence-electron chi connectivity index (χ3n) is 6.95. The number of hydrogen-bond donors (Lipinski definition) is 0. The summed E-state index contributed by atoms with van der Waals surface area (Å²) in [6.45, 7) is 8.29. The van der Waals surface area contributed by atoms with Crippen molar-refractivity contribution >= 4 is 43.5 Å². The van der Waals surface area contributed by atoms with E-state index in [1.165, 1.54) is 68.3 Å². The van der Waals surface area contributed by atoms with Gasteiger partial charge in [0.1, 0.15) is 0 Å². The van der Waals surface area contributed by atoms with Gasteiger partial charge in [-0.25, -0.2) is 0 Å². The van der Waals surface area contributed by atoms with Crippen LogP contribution in [0.4, 0.5) is 5.69 Å². The van der Waals surface area contributed by atoms with E-state index >= 15 is 0 Å². The van der Waals surface area contributed by atoms with Gasteiger partial charge in [0.15, 0.2) is 0 Å². The van der Waals surface area contributed by atoms with E-state index in [1.807, 2.05) is 30.3 Å². The van der Waals surface area contributed by atoms with E-state index in [0.717, 1.165) is 4.46 Å². The Hall–Kier alpha value is -0.882. The third-order valence-corrected chi connectivity index (χ3v) is 25.6. The molecule has 0 saturated carbocycles. The molecule has 2 rings (SSSR count). The molecular weight excluding hydrogens is 608 g/mol. The Balaban J connectivity index is 2.17. The summed E-state index contributed by atoms with van der Waals surface area (Å²) in [5.74, 6) is 0. The molecule has 0 aliphatic rings. The Kier molecular flexibility index (Phi) is 15.2. The molecule has 0 aromatic heterocycles. The van der Waals surface area contributed by atoms with Crippen LogP contribution in [0.5, 0.6) is 0 Å². The maximum absolute atomic E-state index is 11.7. The molecule has 1 atom stereocenters. The second-order valence-corrected chi connectivity index (χ2v) is 26.9. The van der Waals surface area contributed by atoms with Crippen LogP contribution >= 0.6 is 0 Å². The number of rotatable bonds is 19. The number of hydrogen-bond acceptors (Lipinski definition) is 3. The van der Waals surface area contributed by atoms with Crippen LogP contribution in [0.25, 0.3) is 0 Å². The SMILES string of the molecule is CCC[CH2][Sn]([CH2]CCC)([CH2]CCC)[CH2]CC(COCc1ccccc1)[Se]c1ccccc1[N+](=O)[O-]. The van der Waals surface area contributed by atoms with Crippen LogP contribution < -0.4 is 4.46 Å². The molecule has 2 aromatic carbocycles. The molecule has 194 valence electrons. The summed E-state index contributed by atoms with van der Waals surface area (Å²) < 4.78 is 13.1. The van der Waals surface area contributed by atoms with Gasteiger partial charge in [0, 0.05) is 0 Å². The van der Waals surface area contributed by atoms with Gasteiger partial charge in [-0.3, -0.25) is 0 Å². The molecule has 1 unspecified atom stereocenters. The summed E-state index contributed by atoms with van der Waals surface area (Å²) >= 11 is -2.23. The standard InChI is InChI=1S/C17H18NO3Se.3C4H9.Sn/c1-2-15(13-21-12-14-8-4-3-5-9-14)22-17-11-7-6-10-16(17)18(19)20;3*1-3-4-2;/h3-11,15H,1-2,12-13H2;3*1,3-4H2,2H3;. The molecule has 0 amide bonds. The quantitative estimate of drug-likeness (QED) is 0.0874. The number of nitrogens with zero attached hydrogens (tertiary/aromatic N) is 1. The molecule has 0 spiro atoms. The number of unbranched alkanes of at least 4 members (excludes halogenated alkanes) is 3. The number of para-hydroxylation sites is 1. The van der Waals surface area contributed by atoms with E-state index in [4.69, 9.17) is 4.74 Å². The fourth-order valence-corrected chi connectivity index (χ4v) is 25.1. The predicted octanol–water partition coefficient (Wildman–Crippen LogP) is 8.17. The monoisotopic (exact) mass is 655 g/mol. The van der Waals surface area contributed by atoms with Crippen molar-refractivity contribution in [1.29, 1.82) is 0 Å².